The van der Waals surface area contributed by atoms with Crippen LogP contribution in [0.2, 0.25) is 0 Å². The van der Waals surface area contributed by atoms with Crippen molar-refractivity contribution in [1.82, 2.24) is 9.80 Å². The number of hydrogen-bond donors (Lipinski definition) is 1. The zero-order chi connectivity index (χ0) is 11.5. The summed E-state index contributed by atoms with van der Waals surface area (Å²) in [5, 5.41) is 8.82. The molecule has 0 aromatic heterocycles. The quantitative estimate of drug-likeness (QED) is 0.725. The van der Waals surface area contributed by atoms with Gasteiger partial charge in [-0.1, -0.05) is 0 Å². The zero-order valence-corrected chi connectivity index (χ0v) is 10.0. The summed E-state index contributed by atoms with van der Waals surface area (Å²) >= 11 is 0. The number of hydrogen-bond acceptors (Lipinski definition) is 4. The Labute approximate surface area is 92.6 Å². The molecule has 0 aromatic carbocycles. The lowest BCUT2D eigenvalue weighted by Gasteiger charge is -2.38. The molecule has 0 spiro atoms. The first-order valence-corrected chi connectivity index (χ1v) is 5.57. The minimum atomic E-state index is -0.674. The lowest BCUT2D eigenvalue weighted by molar-refractivity contribution is 0.101. The molecule has 4 nitrogen and oxygen atoms in total. The Hall–Kier alpha value is -0.630. The molecular formula is C11H22N4. The van der Waals surface area contributed by atoms with E-state index < -0.39 is 5.54 Å². The number of nitrogens with zero attached hydrogens (tertiary/aromatic N) is 3. The van der Waals surface area contributed by atoms with E-state index in [2.05, 4.69) is 29.8 Å². The van der Waals surface area contributed by atoms with Gasteiger partial charge in [0.25, 0.3) is 0 Å². The van der Waals surface area contributed by atoms with Crippen molar-refractivity contribution in [2.45, 2.75) is 31.8 Å². The summed E-state index contributed by atoms with van der Waals surface area (Å²) in [4.78, 5) is 4.76. The van der Waals surface area contributed by atoms with Crippen molar-refractivity contribution in [3.63, 3.8) is 0 Å². The SMILES string of the molecule is CC1CN(CCC(C)(N)C#N)CCN1C. The van der Waals surface area contributed by atoms with Gasteiger partial charge in [0.1, 0.15) is 5.54 Å². The molecule has 2 unspecified atom stereocenters. The van der Waals surface area contributed by atoms with Crippen molar-refractivity contribution in [2.75, 3.05) is 33.2 Å². The molecule has 1 aliphatic rings. The minimum Gasteiger partial charge on any atom is -0.314 e. The van der Waals surface area contributed by atoms with E-state index in [1.807, 2.05) is 0 Å². The molecule has 1 heterocycles. The maximum Gasteiger partial charge on any atom is 0.102 e. The molecular weight excluding hydrogens is 188 g/mol. The van der Waals surface area contributed by atoms with E-state index in [0.717, 1.165) is 32.6 Å². The molecule has 4 heteroatoms. The second-order valence-corrected chi connectivity index (χ2v) is 4.91. The average molecular weight is 210 g/mol. The van der Waals surface area contributed by atoms with E-state index in [1.54, 1.807) is 6.92 Å². The molecule has 0 saturated carbocycles. The Kier molecular flexibility index (Phi) is 4.09. The van der Waals surface area contributed by atoms with Crippen molar-refractivity contribution < 1.29 is 0 Å². The topological polar surface area (TPSA) is 56.3 Å². The second-order valence-electron chi connectivity index (χ2n) is 4.91. The monoisotopic (exact) mass is 210 g/mol. The van der Waals surface area contributed by atoms with Crippen LogP contribution in [-0.2, 0) is 0 Å². The smallest absolute Gasteiger partial charge is 0.102 e. The molecule has 0 aliphatic carbocycles. The van der Waals surface area contributed by atoms with Crippen LogP contribution < -0.4 is 5.73 Å². The van der Waals surface area contributed by atoms with Crippen LogP contribution in [0.3, 0.4) is 0 Å². The Morgan fingerprint density at radius 3 is 2.73 bits per heavy atom. The van der Waals surface area contributed by atoms with Gasteiger partial charge in [0, 0.05) is 32.2 Å². The fourth-order valence-corrected chi connectivity index (χ4v) is 1.77. The highest BCUT2D eigenvalue weighted by atomic mass is 15.3. The maximum absolute atomic E-state index is 8.82. The molecule has 1 saturated heterocycles. The lowest BCUT2D eigenvalue weighted by Crippen LogP contribution is -2.51. The van der Waals surface area contributed by atoms with Crippen LogP contribution in [-0.4, -0.2) is 54.6 Å². The third-order valence-electron chi connectivity index (χ3n) is 3.25. The van der Waals surface area contributed by atoms with Crippen LogP contribution in [0.1, 0.15) is 20.3 Å². The van der Waals surface area contributed by atoms with Gasteiger partial charge < -0.3 is 15.5 Å². The summed E-state index contributed by atoms with van der Waals surface area (Å²) < 4.78 is 0. The summed E-state index contributed by atoms with van der Waals surface area (Å²) in [5.41, 5.74) is 5.12. The van der Waals surface area contributed by atoms with Crippen molar-refractivity contribution in [3.05, 3.63) is 0 Å². The number of likely N-dealkylation sites (N-methyl/N-ethyl adjacent to an activating group) is 1. The van der Waals surface area contributed by atoms with Gasteiger partial charge >= 0.3 is 0 Å². The summed E-state index contributed by atoms with van der Waals surface area (Å²) in [7, 11) is 2.16. The van der Waals surface area contributed by atoms with Crippen molar-refractivity contribution in [3.8, 4) is 6.07 Å². The highest BCUT2D eigenvalue weighted by Crippen LogP contribution is 2.10. The van der Waals surface area contributed by atoms with E-state index in [-0.39, 0.29) is 0 Å². The van der Waals surface area contributed by atoms with Gasteiger partial charge in [-0.05, 0) is 27.3 Å². The third kappa shape index (κ3) is 3.78. The van der Waals surface area contributed by atoms with Gasteiger partial charge in [0.15, 0.2) is 0 Å². The summed E-state index contributed by atoms with van der Waals surface area (Å²) in [5.74, 6) is 0. The van der Waals surface area contributed by atoms with Gasteiger partial charge in [-0.15, -0.1) is 0 Å². The largest absolute Gasteiger partial charge is 0.314 e. The standard InChI is InChI=1S/C11H22N4/c1-10-8-15(7-6-14(10)3)5-4-11(2,13)9-12/h10H,4-8,13H2,1-3H3. The molecule has 2 atom stereocenters. The molecule has 0 aromatic rings. The Morgan fingerprint density at radius 1 is 1.53 bits per heavy atom. The van der Waals surface area contributed by atoms with E-state index in [9.17, 15) is 0 Å². The van der Waals surface area contributed by atoms with Crippen LogP contribution >= 0.6 is 0 Å². The predicted molar refractivity (Wildman–Crippen MR) is 61.4 cm³/mol. The molecule has 1 rings (SSSR count). The van der Waals surface area contributed by atoms with Gasteiger partial charge in [0.05, 0.1) is 6.07 Å². The molecule has 15 heavy (non-hydrogen) atoms. The van der Waals surface area contributed by atoms with Gasteiger partial charge in [-0.25, -0.2) is 0 Å². The first kappa shape index (κ1) is 12.4. The van der Waals surface area contributed by atoms with Gasteiger partial charge in [0.2, 0.25) is 0 Å². The molecule has 0 radical (unpaired) electrons. The molecule has 86 valence electrons. The normalized spacial score (nSPS) is 28.3. The second kappa shape index (κ2) is 4.93. The first-order valence-electron chi connectivity index (χ1n) is 5.57. The highest BCUT2D eigenvalue weighted by Gasteiger charge is 2.23. The van der Waals surface area contributed by atoms with Crippen molar-refractivity contribution in [1.29, 1.82) is 5.26 Å². The number of nitrogens with two attached hydrogens (primary N) is 1. The number of nitriles is 1. The molecule has 2 N–H and O–H groups in total. The van der Waals surface area contributed by atoms with Gasteiger partial charge in [-0.3, -0.25) is 0 Å². The van der Waals surface area contributed by atoms with E-state index in [0.29, 0.717) is 6.04 Å². The van der Waals surface area contributed by atoms with E-state index >= 15 is 0 Å². The minimum absolute atomic E-state index is 0.602. The van der Waals surface area contributed by atoms with Crippen molar-refractivity contribution >= 4 is 0 Å². The molecule has 1 fully saturated rings. The summed E-state index contributed by atoms with van der Waals surface area (Å²) in [6.07, 6.45) is 0.750. The Bertz CT molecular complexity index is 243. The van der Waals surface area contributed by atoms with Crippen LogP contribution in [0.4, 0.5) is 0 Å². The summed E-state index contributed by atoms with van der Waals surface area (Å²) in [6, 6.07) is 2.74. The summed E-state index contributed by atoms with van der Waals surface area (Å²) in [6.45, 7) is 8.23. The fourth-order valence-electron chi connectivity index (χ4n) is 1.77. The lowest BCUT2D eigenvalue weighted by atomic mass is 10.0. The Morgan fingerprint density at radius 2 is 2.20 bits per heavy atom. The number of piperazine rings is 1. The molecule has 0 bridgehead atoms. The van der Waals surface area contributed by atoms with Crippen LogP contribution in [0.25, 0.3) is 0 Å². The first-order chi connectivity index (χ1) is 6.94. The number of rotatable bonds is 3. The van der Waals surface area contributed by atoms with Crippen LogP contribution in [0.5, 0.6) is 0 Å². The van der Waals surface area contributed by atoms with Crippen LogP contribution in [0, 0.1) is 11.3 Å². The van der Waals surface area contributed by atoms with E-state index in [4.69, 9.17) is 11.0 Å². The average Bonchev–Trinajstić information content (AvgIpc) is 2.20. The fraction of sp³-hybridized carbons (Fsp3) is 0.909. The molecule has 0 amide bonds. The molecule has 1 aliphatic heterocycles. The highest BCUT2D eigenvalue weighted by molar-refractivity contribution is 5.01. The third-order valence-corrected chi connectivity index (χ3v) is 3.25. The zero-order valence-electron chi connectivity index (χ0n) is 10.0. The van der Waals surface area contributed by atoms with E-state index in [1.165, 1.54) is 0 Å². The predicted octanol–water partition coefficient (Wildman–Crippen LogP) is 0.253. The van der Waals surface area contributed by atoms with Crippen molar-refractivity contribution in [2.24, 2.45) is 5.73 Å². The van der Waals surface area contributed by atoms with Gasteiger partial charge in [-0.2, -0.15) is 5.26 Å². The van der Waals surface area contributed by atoms with Crippen LogP contribution in [0.15, 0.2) is 0 Å². The maximum atomic E-state index is 8.82. The Balaban J connectivity index is 2.32.